The van der Waals surface area contributed by atoms with E-state index in [0.717, 1.165) is 6.92 Å². The van der Waals surface area contributed by atoms with Gasteiger partial charge in [0.05, 0.1) is 0 Å². The predicted molar refractivity (Wildman–Crippen MR) is 74.1 cm³/mol. The molecule has 1 rings (SSSR count). The Morgan fingerprint density at radius 3 is 2.50 bits per heavy atom. The van der Waals surface area contributed by atoms with E-state index in [-0.39, 0.29) is 23.8 Å². The van der Waals surface area contributed by atoms with Crippen molar-refractivity contribution in [2.45, 2.75) is 51.9 Å². The molecule has 1 unspecified atom stereocenters. The molecule has 4 nitrogen and oxygen atoms in total. The second kappa shape index (κ2) is 6.20. The zero-order valence-corrected chi connectivity index (χ0v) is 13.2. The van der Waals surface area contributed by atoms with E-state index >= 15 is 0 Å². The van der Waals surface area contributed by atoms with Gasteiger partial charge in [-0.2, -0.15) is 8.78 Å². The highest BCUT2D eigenvalue weighted by Gasteiger charge is 2.32. The maximum atomic E-state index is 12.8. The number of halogens is 2. The third-order valence-corrected chi connectivity index (χ3v) is 2.89. The van der Waals surface area contributed by atoms with Crippen LogP contribution in [-0.2, 0) is 8.92 Å². The van der Waals surface area contributed by atoms with Crippen LogP contribution in [0.3, 0.4) is 0 Å². The number of carbonyl (C=O) groups excluding carboxylic acids is 1. The molecule has 0 spiro atoms. The third-order valence-electron chi connectivity index (χ3n) is 2.34. The molecule has 0 saturated heterocycles. The highest BCUT2D eigenvalue weighted by atomic mass is 32.2. The highest BCUT2D eigenvalue weighted by Crippen LogP contribution is 2.34. The van der Waals surface area contributed by atoms with Gasteiger partial charge in [-0.15, -0.1) is 0 Å². The van der Waals surface area contributed by atoms with Crippen molar-refractivity contribution in [2.24, 2.45) is 5.92 Å². The molecule has 0 saturated carbocycles. The summed E-state index contributed by atoms with van der Waals surface area (Å²) in [4.78, 5) is 13.3. The molecule has 1 atom stereocenters. The van der Waals surface area contributed by atoms with Gasteiger partial charge >= 0.3 is 11.3 Å². The molecule has 1 aliphatic rings. The van der Waals surface area contributed by atoms with E-state index in [1.807, 2.05) is 6.92 Å². The van der Waals surface area contributed by atoms with Gasteiger partial charge in [-0.25, -0.2) is 9.69 Å². The van der Waals surface area contributed by atoms with Crippen molar-refractivity contribution in [3.8, 4) is 0 Å². The number of nitrogens with zero attached hydrogens (tertiary/aromatic N) is 1. The lowest BCUT2D eigenvalue weighted by Gasteiger charge is -2.32. The maximum Gasteiger partial charge on any atom is 0.417 e. The first-order valence-corrected chi connectivity index (χ1v) is 7.16. The number of hydrogen-bond donors (Lipinski definition) is 0. The van der Waals surface area contributed by atoms with Crippen LogP contribution in [0.5, 0.6) is 0 Å². The molecule has 0 aromatic rings. The van der Waals surface area contributed by atoms with Gasteiger partial charge in [0.1, 0.15) is 17.6 Å². The monoisotopic (exact) mass is 309 g/mol. The Morgan fingerprint density at radius 2 is 2.00 bits per heavy atom. The van der Waals surface area contributed by atoms with Crippen molar-refractivity contribution in [2.75, 3.05) is 6.54 Å². The summed E-state index contributed by atoms with van der Waals surface area (Å²) in [6.07, 6.45) is 1.72. The fourth-order valence-corrected chi connectivity index (χ4v) is 1.95. The summed E-state index contributed by atoms with van der Waals surface area (Å²) in [5.41, 5.74) is -0.648. The first-order chi connectivity index (χ1) is 8.98. The van der Waals surface area contributed by atoms with Gasteiger partial charge in [0.25, 0.3) is 0 Å². The average molecular weight is 309 g/mol. The third kappa shape index (κ3) is 5.98. The molecule has 0 aliphatic carbocycles. The van der Waals surface area contributed by atoms with Gasteiger partial charge in [0, 0.05) is 13.5 Å². The van der Waals surface area contributed by atoms with Crippen LogP contribution in [0.2, 0.25) is 0 Å². The van der Waals surface area contributed by atoms with Gasteiger partial charge in [0.2, 0.25) is 5.88 Å². The van der Waals surface area contributed by atoms with Gasteiger partial charge in [-0.05, 0) is 39.2 Å². The summed E-state index contributed by atoms with van der Waals surface area (Å²) >= 11 is 0.0294. The Hall–Kier alpha value is -0.980. The van der Waals surface area contributed by atoms with Crippen molar-refractivity contribution in [1.29, 1.82) is 0 Å². The summed E-state index contributed by atoms with van der Waals surface area (Å²) in [5.74, 6) is 0.339. The highest BCUT2D eigenvalue weighted by molar-refractivity contribution is 7.95. The van der Waals surface area contributed by atoms with Crippen LogP contribution in [0.15, 0.2) is 12.0 Å². The molecule has 0 N–H and O–H groups in total. The quantitative estimate of drug-likeness (QED) is 0.725. The van der Waals surface area contributed by atoms with E-state index in [1.165, 1.54) is 4.90 Å². The fraction of sp³-hybridized carbons (Fsp3) is 0.769. The summed E-state index contributed by atoms with van der Waals surface area (Å²) in [7, 11) is 0. The first-order valence-electron chi connectivity index (χ1n) is 6.42. The minimum absolute atomic E-state index is 0.0294. The molecule has 0 radical (unpaired) electrons. The summed E-state index contributed by atoms with van der Waals surface area (Å²) in [5, 5.41) is -3.02. The number of allylic oxidation sites excluding steroid dienone is 1. The van der Waals surface area contributed by atoms with Crippen molar-refractivity contribution >= 4 is 18.1 Å². The lowest BCUT2D eigenvalue weighted by atomic mass is 10.0. The van der Waals surface area contributed by atoms with Crippen molar-refractivity contribution < 1.29 is 22.5 Å². The zero-order valence-electron chi connectivity index (χ0n) is 12.4. The van der Waals surface area contributed by atoms with Crippen molar-refractivity contribution in [1.82, 2.24) is 4.90 Å². The molecule has 0 aromatic heterocycles. The standard InChI is InChI=1S/C13H21F2NO3S/c1-9-6-7-10(19-20-13(5,14)15)16(8-9)11(17)18-12(2,3)4/h7,9H,6,8H2,1-5H3. The SMILES string of the molecule is CC1CC=C(OSC(C)(F)F)N(C(=O)OC(C)(C)C)C1. The predicted octanol–water partition coefficient (Wildman–Crippen LogP) is 4.38. The van der Waals surface area contributed by atoms with Crippen LogP contribution in [0, 0.1) is 5.92 Å². The van der Waals surface area contributed by atoms with Crippen molar-refractivity contribution in [3.05, 3.63) is 12.0 Å². The molecule has 1 heterocycles. The number of ether oxygens (including phenoxy) is 1. The zero-order chi connectivity index (χ0) is 15.6. The van der Waals surface area contributed by atoms with Crippen LogP contribution in [0.4, 0.5) is 13.6 Å². The van der Waals surface area contributed by atoms with E-state index in [0.29, 0.717) is 13.0 Å². The van der Waals surface area contributed by atoms with Crippen molar-refractivity contribution in [3.63, 3.8) is 0 Å². The Labute approximate surface area is 122 Å². The molecular weight excluding hydrogens is 288 g/mol. The summed E-state index contributed by atoms with van der Waals surface area (Å²) in [6.45, 7) is 8.33. The summed E-state index contributed by atoms with van der Waals surface area (Å²) < 4.78 is 35.9. The average Bonchev–Trinajstić information content (AvgIpc) is 2.23. The topological polar surface area (TPSA) is 38.8 Å². The second-order valence-electron chi connectivity index (χ2n) is 5.95. The van der Waals surface area contributed by atoms with E-state index in [4.69, 9.17) is 8.92 Å². The van der Waals surface area contributed by atoms with Crippen LogP contribution >= 0.6 is 12.0 Å². The molecule has 1 aliphatic heterocycles. The molecule has 20 heavy (non-hydrogen) atoms. The maximum absolute atomic E-state index is 12.8. The first kappa shape index (κ1) is 17.1. The van der Waals surface area contributed by atoms with E-state index < -0.39 is 16.9 Å². The molecule has 116 valence electrons. The number of alkyl halides is 2. The largest absolute Gasteiger partial charge is 0.443 e. The van der Waals surface area contributed by atoms with Crippen LogP contribution in [-0.4, -0.2) is 28.4 Å². The normalized spacial score (nSPS) is 20.4. The second-order valence-corrected chi connectivity index (χ2v) is 7.00. The Kier molecular flexibility index (Phi) is 5.29. The molecular formula is C13H21F2NO3S. The Morgan fingerprint density at radius 1 is 1.40 bits per heavy atom. The van der Waals surface area contributed by atoms with E-state index in [1.54, 1.807) is 26.8 Å². The molecule has 0 fully saturated rings. The van der Waals surface area contributed by atoms with Gasteiger partial charge in [-0.1, -0.05) is 6.92 Å². The Balaban J connectivity index is 2.76. The number of hydrogen-bond acceptors (Lipinski definition) is 4. The van der Waals surface area contributed by atoms with Crippen LogP contribution < -0.4 is 0 Å². The fourth-order valence-electron chi connectivity index (χ4n) is 1.56. The lowest BCUT2D eigenvalue weighted by Crippen LogP contribution is -2.40. The Bertz CT molecular complexity index is 388. The number of rotatable bonds is 3. The number of carbonyl (C=O) groups is 1. The number of amides is 1. The smallest absolute Gasteiger partial charge is 0.417 e. The summed E-state index contributed by atoms with van der Waals surface area (Å²) in [6, 6.07) is 0. The van der Waals surface area contributed by atoms with Crippen LogP contribution in [0.1, 0.15) is 41.0 Å². The van der Waals surface area contributed by atoms with Gasteiger partial charge in [-0.3, -0.25) is 0 Å². The van der Waals surface area contributed by atoms with Gasteiger partial charge in [0.15, 0.2) is 0 Å². The lowest BCUT2D eigenvalue weighted by molar-refractivity contribution is 0.0196. The minimum Gasteiger partial charge on any atom is -0.443 e. The molecule has 0 bridgehead atoms. The molecule has 7 heteroatoms. The minimum atomic E-state index is -3.02. The van der Waals surface area contributed by atoms with E-state index in [9.17, 15) is 13.6 Å². The van der Waals surface area contributed by atoms with E-state index in [2.05, 4.69) is 0 Å². The van der Waals surface area contributed by atoms with Gasteiger partial charge < -0.3 is 8.92 Å². The molecule has 0 aromatic carbocycles. The van der Waals surface area contributed by atoms with Crippen LogP contribution in [0.25, 0.3) is 0 Å². The molecule has 1 amide bonds.